The minimum absolute atomic E-state index is 0.0600. The van der Waals surface area contributed by atoms with Crippen LogP contribution in [0.3, 0.4) is 0 Å². The molecule has 0 heterocycles. The van der Waals surface area contributed by atoms with Crippen LogP contribution in [0.4, 0.5) is 18.0 Å². The number of hydrogen-bond acceptors (Lipinski definition) is 4. The van der Waals surface area contributed by atoms with Gasteiger partial charge in [0, 0.05) is 13.6 Å². The molecule has 0 aliphatic carbocycles. The first-order chi connectivity index (χ1) is 7.76. The fraction of sp³-hybridized carbons (Fsp3) is 0.778. The predicted octanol–water partition coefficient (Wildman–Crippen LogP) is 1.57. The Bertz CT molecular complexity index is 267. The second-order valence-electron chi connectivity index (χ2n) is 3.15. The zero-order valence-corrected chi connectivity index (χ0v) is 9.54. The summed E-state index contributed by atoms with van der Waals surface area (Å²) in [6.07, 6.45) is -5.78. The molecule has 0 spiro atoms. The molecule has 8 heteroatoms. The third-order valence-electron chi connectivity index (χ3n) is 1.63. The molecule has 0 aromatic heterocycles. The Balaban J connectivity index is 3.86. The molecule has 0 fully saturated rings. The van der Waals surface area contributed by atoms with Gasteiger partial charge in [-0.1, -0.05) is 0 Å². The summed E-state index contributed by atoms with van der Waals surface area (Å²) >= 11 is 0. The summed E-state index contributed by atoms with van der Waals surface area (Å²) in [4.78, 5) is 22.8. The largest absolute Gasteiger partial charge is 0.466 e. The van der Waals surface area contributed by atoms with Gasteiger partial charge in [-0.05, 0) is 6.92 Å². The zero-order valence-electron chi connectivity index (χ0n) is 9.54. The quantitative estimate of drug-likeness (QED) is 0.701. The van der Waals surface area contributed by atoms with Gasteiger partial charge in [-0.3, -0.25) is 4.79 Å². The van der Waals surface area contributed by atoms with E-state index >= 15 is 0 Å². The number of halogens is 3. The van der Waals surface area contributed by atoms with E-state index in [4.69, 9.17) is 0 Å². The maximum Gasteiger partial charge on any atom is 0.422 e. The van der Waals surface area contributed by atoms with Crippen LogP contribution in [0.2, 0.25) is 0 Å². The van der Waals surface area contributed by atoms with E-state index in [0.717, 1.165) is 4.90 Å². The lowest BCUT2D eigenvalue weighted by Crippen LogP contribution is -2.32. The van der Waals surface area contributed by atoms with Crippen molar-refractivity contribution >= 4 is 12.1 Å². The molecule has 0 aromatic carbocycles. The van der Waals surface area contributed by atoms with Gasteiger partial charge in [-0.2, -0.15) is 13.2 Å². The van der Waals surface area contributed by atoms with Crippen LogP contribution in [0.5, 0.6) is 0 Å². The van der Waals surface area contributed by atoms with Gasteiger partial charge in [0.15, 0.2) is 6.61 Å². The first-order valence-electron chi connectivity index (χ1n) is 4.86. The van der Waals surface area contributed by atoms with E-state index < -0.39 is 24.8 Å². The van der Waals surface area contributed by atoms with Crippen LogP contribution in [-0.2, 0) is 14.3 Å². The van der Waals surface area contributed by atoms with E-state index in [9.17, 15) is 22.8 Å². The van der Waals surface area contributed by atoms with Crippen LogP contribution in [0.15, 0.2) is 0 Å². The monoisotopic (exact) mass is 257 g/mol. The molecule has 0 aliphatic heterocycles. The Kier molecular flexibility index (Phi) is 6.37. The topological polar surface area (TPSA) is 55.8 Å². The Hall–Kier alpha value is -1.47. The van der Waals surface area contributed by atoms with Crippen LogP contribution in [0.1, 0.15) is 13.3 Å². The summed E-state index contributed by atoms with van der Waals surface area (Å²) in [6.45, 7) is 0.130. The fourth-order valence-corrected chi connectivity index (χ4v) is 0.837. The molecular formula is C9H14F3NO4. The van der Waals surface area contributed by atoms with Gasteiger partial charge in [0.25, 0.3) is 0 Å². The lowest BCUT2D eigenvalue weighted by molar-refractivity contribution is -0.162. The Morgan fingerprint density at radius 1 is 1.24 bits per heavy atom. The molecule has 1 amide bonds. The number of esters is 1. The minimum Gasteiger partial charge on any atom is -0.466 e. The lowest BCUT2D eigenvalue weighted by atomic mass is 10.4. The highest BCUT2D eigenvalue weighted by Crippen LogP contribution is 2.14. The van der Waals surface area contributed by atoms with Crippen LogP contribution in [-0.4, -0.2) is 49.9 Å². The highest BCUT2D eigenvalue weighted by Gasteiger charge is 2.30. The molecule has 0 aliphatic rings. The van der Waals surface area contributed by atoms with Crippen LogP contribution < -0.4 is 0 Å². The van der Waals surface area contributed by atoms with E-state index in [0.29, 0.717) is 0 Å². The van der Waals surface area contributed by atoms with Crippen molar-refractivity contribution in [2.75, 3.05) is 26.8 Å². The molecule has 0 saturated heterocycles. The SMILES string of the molecule is CCOC(=O)CCN(C)C(=O)OCC(F)(F)F. The van der Waals surface area contributed by atoms with Crippen LogP contribution >= 0.6 is 0 Å². The highest BCUT2D eigenvalue weighted by atomic mass is 19.4. The summed E-state index contributed by atoms with van der Waals surface area (Å²) in [6, 6.07) is 0. The fourth-order valence-electron chi connectivity index (χ4n) is 0.837. The maximum absolute atomic E-state index is 11.7. The molecule has 5 nitrogen and oxygen atoms in total. The van der Waals surface area contributed by atoms with E-state index in [2.05, 4.69) is 9.47 Å². The summed E-state index contributed by atoms with van der Waals surface area (Å²) in [5, 5.41) is 0. The summed E-state index contributed by atoms with van der Waals surface area (Å²) in [7, 11) is 1.23. The molecule has 100 valence electrons. The molecular weight excluding hydrogens is 243 g/mol. The Labute approximate surface area is 96.5 Å². The van der Waals surface area contributed by atoms with Gasteiger partial charge < -0.3 is 14.4 Å². The highest BCUT2D eigenvalue weighted by molar-refractivity contribution is 5.71. The number of hydrogen-bond donors (Lipinski definition) is 0. The average Bonchev–Trinajstić information content (AvgIpc) is 2.22. The normalized spacial score (nSPS) is 10.9. The third kappa shape index (κ3) is 8.35. The Morgan fingerprint density at radius 3 is 2.29 bits per heavy atom. The molecule has 0 rings (SSSR count). The molecule has 17 heavy (non-hydrogen) atoms. The number of rotatable bonds is 5. The van der Waals surface area contributed by atoms with Crippen molar-refractivity contribution in [1.82, 2.24) is 4.90 Å². The number of alkyl halides is 3. The smallest absolute Gasteiger partial charge is 0.422 e. The van der Waals surface area contributed by atoms with Crippen molar-refractivity contribution in [2.24, 2.45) is 0 Å². The second kappa shape index (κ2) is 6.97. The molecule has 0 radical (unpaired) electrons. The molecule has 0 aromatic rings. The first-order valence-corrected chi connectivity index (χ1v) is 4.86. The van der Waals surface area contributed by atoms with Crippen LogP contribution in [0, 0.1) is 0 Å². The van der Waals surface area contributed by atoms with E-state index in [1.165, 1.54) is 7.05 Å². The number of ether oxygens (including phenoxy) is 2. The van der Waals surface area contributed by atoms with Crippen molar-refractivity contribution in [3.8, 4) is 0 Å². The summed E-state index contributed by atoms with van der Waals surface area (Å²) < 4.78 is 43.7. The van der Waals surface area contributed by atoms with Crippen molar-refractivity contribution in [3.63, 3.8) is 0 Å². The van der Waals surface area contributed by atoms with Crippen molar-refractivity contribution in [1.29, 1.82) is 0 Å². The zero-order chi connectivity index (χ0) is 13.5. The summed E-state index contributed by atoms with van der Waals surface area (Å²) in [5.41, 5.74) is 0. The molecule has 0 bridgehead atoms. The van der Waals surface area contributed by atoms with Gasteiger partial charge in [0.1, 0.15) is 0 Å². The van der Waals surface area contributed by atoms with E-state index in [1.54, 1.807) is 6.92 Å². The third-order valence-corrected chi connectivity index (χ3v) is 1.63. The molecule has 0 unspecified atom stereocenters. The van der Waals surface area contributed by atoms with Gasteiger partial charge >= 0.3 is 18.2 Å². The van der Waals surface area contributed by atoms with Crippen molar-refractivity contribution < 1.29 is 32.2 Å². The Morgan fingerprint density at radius 2 is 1.82 bits per heavy atom. The first kappa shape index (κ1) is 15.5. The number of carbonyl (C=O) groups is 2. The van der Waals surface area contributed by atoms with Gasteiger partial charge in [-0.25, -0.2) is 4.79 Å². The number of carbonyl (C=O) groups excluding carboxylic acids is 2. The predicted molar refractivity (Wildman–Crippen MR) is 51.3 cm³/mol. The van der Waals surface area contributed by atoms with E-state index in [1.807, 2.05) is 0 Å². The minimum atomic E-state index is -4.56. The van der Waals surface area contributed by atoms with E-state index in [-0.39, 0.29) is 19.6 Å². The molecule has 0 atom stereocenters. The van der Waals surface area contributed by atoms with Crippen molar-refractivity contribution in [2.45, 2.75) is 19.5 Å². The van der Waals surface area contributed by atoms with Gasteiger partial charge in [-0.15, -0.1) is 0 Å². The molecule has 0 saturated carbocycles. The van der Waals surface area contributed by atoms with Crippen LogP contribution in [0.25, 0.3) is 0 Å². The van der Waals surface area contributed by atoms with Gasteiger partial charge in [0.05, 0.1) is 13.0 Å². The summed E-state index contributed by atoms with van der Waals surface area (Å²) in [5.74, 6) is -0.525. The number of nitrogens with zero attached hydrogens (tertiary/aromatic N) is 1. The lowest BCUT2D eigenvalue weighted by Gasteiger charge is -2.17. The second-order valence-corrected chi connectivity index (χ2v) is 3.15. The average molecular weight is 257 g/mol. The molecule has 0 N–H and O–H groups in total. The standard InChI is InChI=1S/C9H14F3NO4/c1-3-16-7(14)4-5-13(2)8(15)17-6-9(10,11)12/h3-6H2,1-2H3. The number of amides is 1. The van der Waals surface area contributed by atoms with Gasteiger partial charge in [0.2, 0.25) is 0 Å². The van der Waals surface area contributed by atoms with Crippen molar-refractivity contribution in [3.05, 3.63) is 0 Å². The maximum atomic E-state index is 11.7.